The molecule has 2 rings (SSSR count). The number of rotatable bonds is 5. The van der Waals surface area contributed by atoms with Gasteiger partial charge in [0.05, 0.1) is 6.61 Å². The fourth-order valence-corrected chi connectivity index (χ4v) is 2.58. The molecule has 88 valence electrons. The van der Waals surface area contributed by atoms with Gasteiger partial charge >= 0.3 is 0 Å². The molecule has 2 unspecified atom stereocenters. The summed E-state index contributed by atoms with van der Waals surface area (Å²) in [5.74, 6) is 1.71. The molecule has 1 nitrogen and oxygen atoms in total. The smallest absolute Gasteiger partial charge is 0.122 e. The van der Waals surface area contributed by atoms with Crippen LogP contribution in [-0.4, -0.2) is 11.4 Å². The van der Waals surface area contributed by atoms with Gasteiger partial charge in [0.2, 0.25) is 0 Å². The van der Waals surface area contributed by atoms with E-state index in [2.05, 4.69) is 41.1 Å². The molecule has 0 spiro atoms. The van der Waals surface area contributed by atoms with Gasteiger partial charge in [0.15, 0.2) is 0 Å². The molecule has 0 fully saturated rings. The molecule has 1 aromatic rings. The van der Waals surface area contributed by atoms with Crippen LogP contribution in [0.15, 0.2) is 24.3 Å². The summed E-state index contributed by atoms with van der Waals surface area (Å²) in [6.45, 7) is 3.10. The second kappa shape index (κ2) is 5.72. The lowest BCUT2D eigenvalue weighted by atomic mass is 9.95. The number of para-hydroxylation sites is 1. The lowest BCUT2D eigenvalue weighted by molar-refractivity contribution is 0.322. The van der Waals surface area contributed by atoms with Crippen LogP contribution in [0.1, 0.15) is 44.1 Å². The first-order valence-corrected chi connectivity index (χ1v) is 7.08. The number of halogens is 1. The average Bonchev–Trinajstić information content (AvgIpc) is 2.73. The maximum Gasteiger partial charge on any atom is 0.122 e. The molecule has 0 bridgehead atoms. The van der Waals surface area contributed by atoms with Gasteiger partial charge in [0, 0.05) is 16.3 Å². The van der Waals surface area contributed by atoms with E-state index in [-0.39, 0.29) is 0 Å². The third-order valence-corrected chi connectivity index (χ3v) is 4.42. The Morgan fingerprint density at radius 1 is 1.44 bits per heavy atom. The minimum Gasteiger partial charge on any atom is -0.493 e. The fourth-order valence-electron chi connectivity index (χ4n) is 2.26. The van der Waals surface area contributed by atoms with Crippen molar-refractivity contribution in [3.8, 4) is 5.75 Å². The highest BCUT2D eigenvalue weighted by Crippen LogP contribution is 2.36. The van der Waals surface area contributed by atoms with Gasteiger partial charge in [-0.1, -0.05) is 47.5 Å². The highest BCUT2D eigenvalue weighted by molar-refractivity contribution is 9.09. The minimum absolute atomic E-state index is 0.618. The first-order chi connectivity index (χ1) is 7.81. The summed E-state index contributed by atoms with van der Waals surface area (Å²) in [4.78, 5) is 0.685. The van der Waals surface area contributed by atoms with Gasteiger partial charge in [0.25, 0.3) is 0 Å². The zero-order valence-electron chi connectivity index (χ0n) is 9.79. The van der Waals surface area contributed by atoms with Crippen LogP contribution >= 0.6 is 15.9 Å². The van der Waals surface area contributed by atoms with E-state index in [1.54, 1.807) is 0 Å². The standard InChI is InChI=1S/C14H19BrO/c1-2-12(15)7-5-6-11-10-16-14-9-4-3-8-13(11)14/h3-4,8-9,11-12H,2,5-7,10H2,1H3. The maximum absolute atomic E-state index is 5.68. The molecule has 0 amide bonds. The van der Waals surface area contributed by atoms with Crippen LogP contribution in [0.25, 0.3) is 0 Å². The molecule has 0 saturated heterocycles. The van der Waals surface area contributed by atoms with Crippen molar-refractivity contribution in [2.24, 2.45) is 0 Å². The quantitative estimate of drug-likeness (QED) is 0.723. The van der Waals surface area contributed by atoms with Crippen molar-refractivity contribution in [3.05, 3.63) is 29.8 Å². The predicted molar refractivity (Wildman–Crippen MR) is 71.5 cm³/mol. The van der Waals surface area contributed by atoms with E-state index in [0.717, 1.165) is 12.4 Å². The van der Waals surface area contributed by atoms with E-state index in [1.165, 1.54) is 31.2 Å². The molecular weight excluding hydrogens is 264 g/mol. The number of ether oxygens (including phenoxy) is 1. The van der Waals surface area contributed by atoms with Gasteiger partial charge in [-0.2, -0.15) is 0 Å². The maximum atomic E-state index is 5.68. The summed E-state index contributed by atoms with van der Waals surface area (Å²) in [6.07, 6.45) is 5.03. The monoisotopic (exact) mass is 282 g/mol. The lowest BCUT2D eigenvalue weighted by Gasteiger charge is -2.10. The Hall–Kier alpha value is -0.500. The fraction of sp³-hybridized carbons (Fsp3) is 0.571. The summed E-state index contributed by atoms with van der Waals surface area (Å²) >= 11 is 3.69. The normalized spacial score (nSPS) is 20.2. The Bertz CT molecular complexity index is 337. The number of alkyl halides is 1. The van der Waals surface area contributed by atoms with Crippen LogP contribution in [0.2, 0.25) is 0 Å². The van der Waals surface area contributed by atoms with E-state index >= 15 is 0 Å². The summed E-state index contributed by atoms with van der Waals surface area (Å²) in [5.41, 5.74) is 1.41. The van der Waals surface area contributed by atoms with Crippen molar-refractivity contribution in [2.45, 2.75) is 43.4 Å². The number of fused-ring (bicyclic) bond motifs is 1. The molecule has 1 aliphatic rings. The van der Waals surface area contributed by atoms with Gasteiger partial charge in [0.1, 0.15) is 5.75 Å². The summed E-state index contributed by atoms with van der Waals surface area (Å²) in [6, 6.07) is 8.44. The van der Waals surface area contributed by atoms with Gasteiger partial charge in [-0.25, -0.2) is 0 Å². The van der Waals surface area contributed by atoms with Gasteiger partial charge in [-0.3, -0.25) is 0 Å². The highest BCUT2D eigenvalue weighted by atomic mass is 79.9. The second-order valence-electron chi connectivity index (χ2n) is 4.48. The largest absolute Gasteiger partial charge is 0.493 e. The third-order valence-electron chi connectivity index (χ3n) is 3.31. The zero-order chi connectivity index (χ0) is 11.4. The summed E-state index contributed by atoms with van der Waals surface area (Å²) in [5, 5.41) is 0. The summed E-state index contributed by atoms with van der Waals surface area (Å²) in [7, 11) is 0. The number of hydrogen-bond acceptors (Lipinski definition) is 1. The van der Waals surface area contributed by atoms with Crippen molar-refractivity contribution in [1.29, 1.82) is 0 Å². The lowest BCUT2D eigenvalue weighted by Crippen LogP contribution is -2.02. The summed E-state index contributed by atoms with van der Waals surface area (Å²) < 4.78 is 5.68. The van der Waals surface area contributed by atoms with Crippen molar-refractivity contribution in [3.63, 3.8) is 0 Å². The van der Waals surface area contributed by atoms with Crippen LogP contribution in [-0.2, 0) is 0 Å². The molecule has 16 heavy (non-hydrogen) atoms. The average molecular weight is 283 g/mol. The van der Waals surface area contributed by atoms with E-state index in [0.29, 0.717) is 10.7 Å². The van der Waals surface area contributed by atoms with Crippen LogP contribution in [0, 0.1) is 0 Å². The molecule has 0 radical (unpaired) electrons. The first kappa shape index (κ1) is 12.0. The molecule has 1 aliphatic heterocycles. The molecule has 0 aliphatic carbocycles. The molecule has 2 atom stereocenters. The van der Waals surface area contributed by atoms with Crippen molar-refractivity contribution in [2.75, 3.05) is 6.61 Å². The molecule has 2 heteroatoms. The van der Waals surface area contributed by atoms with Crippen LogP contribution in [0.3, 0.4) is 0 Å². The van der Waals surface area contributed by atoms with E-state index in [9.17, 15) is 0 Å². The number of hydrogen-bond donors (Lipinski definition) is 0. The zero-order valence-corrected chi connectivity index (χ0v) is 11.4. The van der Waals surface area contributed by atoms with Crippen LogP contribution < -0.4 is 4.74 Å². The van der Waals surface area contributed by atoms with Crippen LogP contribution in [0.5, 0.6) is 5.75 Å². The van der Waals surface area contributed by atoms with Gasteiger partial charge in [-0.05, 0) is 25.3 Å². The Morgan fingerprint density at radius 2 is 2.25 bits per heavy atom. The van der Waals surface area contributed by atoms with Crippen LogP contribution in [0.4, 0.5) is 0 Å². The molecular formula is C14H19BrO. The van der Waals surface area contributed by atoms with E-state index in [1.807, 2.05) is 6.07 Å². The molecule has 0 N–H and O–H groups in total. The number of benzene rings is 1. The van der Waals surface area contributed by atoms with Gasteiger partial charge < -0.3 is 4.74 Å². The Kier molecular flexibility index (Phi) is 4.28. The molecule has 0 aromatic heterocycles. The first-order valence-electron chi connectivity index (χ1n) is 6.17. The van der Waals surface area contributed by atoms with E-state index < -0.39 is 0 Å². The highest BCUT2D eigenvalue weighted by Gasteiger charge is 2.22. The Labute approximate surface area is 106 Å². The third kappa shape index (κ3) is 2.79. The second-order valence-corrected chi connectivity index (χ2v) is 5.78. The molecule has 1 heterocycles. The minimum atomic E-state index is 0.618. The van der Waals surface area contributed by atoms with E-state index in [4.69, 9.17) is 4.74 Å². The Balaban J connectivity index is 1.84. The van der Waals surface area contributed by atoms with Crippen molar-refractivity contribution < 1.29 is 4.74 Å². The van der Waals surface area contributed by atoms with Crippen molar-refractivity contribution in [1.82, 2.24) is 0 Å². The molecule has 0 saturated carbocycles. The predicted octanol–water partition coefficient (Wildman–Crippen LogP) is 4.51. The topological polar surface area (TPSA) is 9.23 Å². The SMILES string of the molecule is CCC(Br)CCCC1COc2ccccc21. The van der Waals surface area contributed by atoms with Gasteiger partial charge in [-0.15, -0.1) is 0 Å². The van der Waals surface area contributed by atoms with Crippen molar-refractivity contribution >= 4 is 15.9 Å². The Morgan fingerprint density at radius 3 is 3.06 bits per heavy atom. The molecule has 1 aromatic carbocycles.